The van der Waals surface area contributed by atoms with E-state index in [9.17, 15) is 14.0 Å². The Hall–Kier alpha value is -3.20. The summed E-state index contributed by atoms with van der Waals surface area (Å²) in [5.74, 6) is -0.456. The van der Waals surface area contributed by atoms with Crippen molar-refractivity contribution in [3.05, 3.63) is 64.7 Å². The van der Waals surface area contributed by atoms with Crippen LogP contribution in [0.4, 0.5) is 15.8 Å². The van der Waals surface area contributed by atoms with E-state index in [0.717, 1.165) is 22.4 Å². The zero-order valence-electron chi connectivity index (χ0n) is 18.5. The molecule has 0 bridgehead atoms. The molecule has 0 spiro atoms. The van der Waals surface area contributed by atoms with Gasteiger partial charge in [-0.25, -0.2) is 4.39 Å². The van der Waals surface area contributed by atoms with Crippen LogP contribution in [0.3, 0.4) is 0 Å². The average molecular weight is 456 g/mol. The summed E-state index contributed by atoms with van der Waals surface area (Å²) in [6, 6.07) is 10.5. The van der Waals surface area contributed by atoms with E-state index in [-0.39, 0.29) is 29.7 Å². The highest BCUT2D eigenvalue weighted by molar-refractivity contribution is 7.99. The quantitative estimate of drug-likeness (QED) is 0.495. The van der Waals surface area contributed by atoms with Crippen LogP contribution in [0.25, 0.3) is 0 Å². The van der Waals surface area contributed by atoms with Crippen molar-refractivity contribution in [2.75, 3.05) is 16.4 Å². The van der Waals surface area contributed by atoms with Gasteiger partial charge < -0.3 is 15.2 Å². The van der Waals surface area contributed by atoms with E-state index in [1.165, 1.54) is 23.9 Å². The van der Waals surface area contributed by atoms with Crippen molar-refractivity contribution < 1.29 is 14.0 Å². The molecule has 3 aromatic rings. The van der Waals surface area contributed by atoms with E-state index in [0.29, 0.717) is 17.5 Å². The zero-order valence-corrected chi connectivity index (χ0v) is 19.3. The van der Waals surface area contributed by atoms with E-state index < -0.39 is 5.82 Å². The summed E-state index contributed by atoms with van der Waals surface area (Å²) in [4.78, 5) is 24.8. The van der Waals surface area contributed by atoms with Crippen LogP contribution in [-0.2, 0) is 22.6 Å². The van der Waals surface area contributed by atoms with Gasteiger partial charge in [-0.2, -0.15) is 0 Å². The Balaban J connectivity index is 1.61. The van der Waals surface area contributed by atoms with Crippen LogP contribution in [-0.4, -0.2) is 32.3 Å². The van der Waals surface area contributed by atoms with Crippen LogP contribution in [0.15, 0.2) is 41.6 Å². The fourth-order valence-electron chi connectivity index (χ4n) is 3.12. The topological polar surface area (TPSA) is 88.9 Å². The smallest absolute Gasteiger partial charge is 0.234 e. The maximum Gasteiger partial charge on any atom is 0.234 e. The Morgan fingerprint density at radius 1 is 0.969 bits per heavy atom. The van der Waals surface area contributed by atoms with Crippen LogP contribution < -0.4 is 10.6 Å². The second kappa shape index (κ2) is 10.4. The predicted molar refractivity (Wildman–Crippen MR) is 124 cm³/mol. The molecule has 0 saturated heterocycles. The minimum absolute atomic E-state index is 0.0418. The number of anilines is 2. The summed E-state index contributed by atoms with van der Waals surface area (Å²) in [6.45, 7) is 8.15. The van der Waals surface area contributed by atoms with Crippen molar-refractivity contribution in [1.82, 2.24) is 14.8 Å². The molecule has 2 N–H and O–H groups in total. The molecule has 2 amide bonds. The highest BCUT2D eigenvalue weighted by Crippen LogP contribution is 2.21. The van der Waals surface area contributed by atoms with E-state index in [1.807, 2.05) is 39.0 Å². The first-order valence-corrected chi connectivity index (χ1v) is 11.2. The van der Waals surface area contributed by atoms with Crippen LogP contribution in [0.5, 0.6) is 0 Å². The summed E-state index contributed by atoms with van der Waals surface area (Å²) in [5.41, 5.74) is 3.73. The first-order valence-electron chi connectivity index (χ1n) is 10.2. The van der Waals surface area contributed by atoms with Gasteiger partial charge in [-0.3, -0.25) is 9.59 Å². The van der Waals surface area contributed by atoms with Crippen LogP contribution >= 0.6 is 11.8 Å². The number of nitrogens with one attached hydrogen (secondary N) is 2. The Kier molecular flexibility index (Phi) is 7.63. The fourth-order valence-corrected chi connectivity index (χ4v) is 3.94. The number of nitrogens with zero attached hydrogens (tertiary/aromatic N) is 3. The fraction of sp³-hybridized carbons (Fsp3) is 0.304. The lowest BCUT2D eigenvalue weighted by Gasteiger charge is -2.10. The standard InChI is InChI=1S/C23H26FN5O2S/c1-5-29-20(12-21(30)26-19-11-15(3)6-8-16(19)4)27-28-23(29)32-13-22(31)25-18-9-7-14(2)10-17(18)24/h6-11H,5,12-13H2,1-4H3,(H,25,31)(H,26,30). The van der Waals surface area contributed by atoms with E-state index in [2.05, 4.69) is 20.8 Å². The molecule has 7 nitrogen and oxygen atoms in total. The number of halogens is 1. The van der Waals surface area contributed by atoms with Crippen LogP contribution in [0.2, 0.25) is 0 Å². The van der Waals surface area contributed by atoms with Gasteiger partial charge in [-0.05, 0) is 62.6 Å². The number of aryl methyl sites for hydroxylation is 3. The van der Waals surface area contributed by atoms with Gasteiger partial charge in [0, 0.05) is 12.2 Å². The second-order valence-corrected chi connectivity index (χ2v) is 8.45. The Bertz CT molecular complexity index is 1150. The molecule has 168 valence electrons. The molecule has 0 atom stereocenters. The summed E-state index contributed by atoms with van der Waals surface area (Å²) in [7, 11) is 0. The van der Waals surface area contributed by atoms with E-state index in [1.54, 1.807) is 17.6 Å². The third kappa shape index (κ3) is 5.94. The number of carbonyl (C=O) groups excluding carboxylic acids is 2. The van der Waals surface area contributed by atoms with E-state index in [4.69, 9.17) is 0 Å². The summed E-state index contributed by atoms with van der Waals surface area (Å²) >= 11 is 1.19. The molecule has 32 heavy (non-hydrogen) atoms. The monoisotopic (exact) mass is 455 g/mol. The lowest BCUT2D eigenvalue weighted by Crippen LogP contribution is -2.18. The Morgan fingerprint density at radius 3 is 2.38 bits per heavy atom. The molecule has 0 unspecified atom stereocenters. The van der Waals surface area contributed by atoms with Crippen molar-refractivity contribution in [2.24, 2.45) is 0 Å². The van der Waals surface area contributed by atoms with Gasteiger partial charge in [0.15, 0.2) is 5.16 Å². The summed E-state index contributed by atoms with van der Waals surface area (Å²) in [6.07, 6.45) is 0.0650. The van der Waals surface area contributed by atoms with E-state index >= 15 is 0 Å². The number of hydrogen-bond donors (Lipinski definition) is 2. The zero-order chi connectivity index (χ0) is 23.3. The van der Waals surface area contributed by atoms with Gasteiger partial charge in [0.05, 0.1) is 17.9 Å². The van der Waals surface area contributed by atoms with Gasteiger partial charge in [0.1, 0.15) is 11.6 Å². The molecule has 0 radical (unpaired) electrons. The van der Waals surface area contributed by atoms with Crippen molar-refractivity contribution in [3.8, 4) is 0 Å². The SMILES string of the molecule is CCn1c(CC(=O)Nc2cc(C)ccc2C)nnc1SCC(=O)Nc1ccc(C)cc1F. The number of hydrogen-bond acceptors (Lipinski definition) is 5. The van der Waals surface area contributed by atoms with Crippen molar-refractivity contribution >= 4 is 35.0 Å². The number of benzene rings is 2. The average Bonchev–Trinajstić information content (AvgIpc) is 3.12. The molecule has 2 aromatic carbocycles. The van der Waals surface area contributed by atoms with Gasteiger partial charge in [0.2, 0.25) is 11.8 Å². The molecule has 0 aliphatic heterocycles. The molecule has 0 fully saturated rings. The number of aromatic nitrogens is 3. The minimum atomic E-state index is -0.475. The first kappa shape index (κ1) is 23.5. The van der Waals surface area contributed by atoms with Gasteiger partial charge in [0.25, 0.3) is 0 Å². The third-order valence-corrected chi connectivity index (χ3v) is 5.79. The lowest BCUT2D eigenvalue weighted by atomic mass is 10.1. The molecule has 3 rings (SSSR count). The predicted octanol–water partition coefficient (Wildman–Crippen LogP) is 4.27. The molecule has 0 aliphatic rings. The number of amides is 2. The largest absolute Gasteiger partial charge is 0.325 e. The molecular weight excluding hydrogens is 429 g/mol. The van der Waals surface area contributed by atoms with Crippen molar-refractivity contribution in [2.45, 2.75) is 45.8 Å². The van der Waals surface area contributed by atoms with Gasteiger partial charge in [-0.15, -0.1) is 10.2 Å². The summed E-state index contributed by atoms with van der Waals surface area (Å²) < 4.78 is 15.7. The number of rotatable bonds is 8. The maximum atomic E-state index is 13.9. The molecular formula is C23H26FN5O2S. The molecule has 1 heterocycles. The number of carbonyl (C=O) groups is 2. The highest BCUT2D eigenvalue weighted by atomic mass is 32.2. The normalized spacial score (nSPS) is 10.8. The highest BCUT2D eigenvalue weighted by Gasteiger charge is 2.17. The van der Waals surface area contributed by atoms with Gasteiger partial charge >= 0.3 is 0 Å². The Morgan fingerprint density at radius 2 is 1.66 bits per heavy atom. The second-order valence-electron chi connectivity index (χ2n) is 7.51. The molecule has 9 heteroatoms. The first-order chi connectivity index (χ1) is 15.3. The van der Waals surface area contributed by atoms with Crippen LogP contribution in [0, 0.1) is 26.6 Å². The minimum Gasteiger partial charge on any atom is -0.325 e. The third-order valence-electron chi connectivity index (χ3n) is 4.83. The summed E-state index contributed by atoms with van der Waals surface area (Å²) in [5, 5.41) is 14.3. The van der Waals surface area contributed by atoms with Gasteiger partial charge in [-0.1, -0.05) is 30.0 Å². The maximum absolute atomic E-state index is 13.9. The van der Waals surface area contributed by atoms with Crippen LogP contribution in [0.1, 0.15) is 29.4 Å². The van der Waals surface area contributed by atoms with Crippen molar-refractivity contribution in [3.63, 3.8) is 0 Å². The molecule has 1 aromatic heterocycles. The Labute approximate surface area is 190 Å². The van der Waals surface area contributed by atoms with Crippen molar-refractivity contribution in [1.29, 1.82) is 0 Å². The lowest BCUT2D eigenvalue weighted by molar-refractivity contribution is -0.116. The molecule has 0 aliphatic carbocycles. The molecule has 0 saturated carbocycles. The number of thioether (sulfide) groups is 1.